The lowest BCUT2D eigenvalue weighted by atomic mass is 10.2. The van der Waals surface area contributed by atoms with Crippen LogP contribution in [0.15, 0.2) is 36.5 Å². The number of aromatic nitrogens is 1. The molecule has 0 aliphatic heterocycles. The lowest BCUT2D eigenvalue weighted by molar-refractivity contribution is -0.115. The highest BCUT2D eigenvalue weighted by Crippen LogP contribution is 2.19. The van der Waals surface area contributed by atoms with E-state index in [1.165, 1.54) is 12.3 Å². The van der Waals surface area contributed by atoms with Crippen molar-refractivity contribution in [2.45, 2.75) is 6.92 Å². The summed E-state index contributed by atoms with van der Waals surface area (Å²) in [4.78, 5) is 27.6. The van der Waals surface area contributed by atoms with E-state index in [0.717, 1.165) is 5.56 Å². The first-order valence-electron chi connectivity index (χ1n) is 6.41. The normalized spacial score (nSPS) is 10.1. The Morgan fingerprint density at radius 1 is 1.14 bits per heavy atom. The number of carbonyl (C=O) groups excluding carboxylic acids is 2. The summed E-state index contributed by atoms with van der Waals surface area (Å²) in [6, 6.07) is 8.17. The monoisotopic (exact) mass is 337 g/mol. The number of pyridine rings is 1. The smallest absolute Gasteiger partial charge is 0.270 e. The van der Waals surface area contributed by atoms with E-state index < -0.39 is 5.91 Å². The highest BCUT2D eigenvalue weighted by molar-refractivity contribution is 6.31. The molecule has 2 N–H and O–H groups in total. The van der Waals surface area contributed by atoms with Gasteiger partial charge in [0, 0.05) is 21.9 Å². The molecule has 0 saturated carbocycles. The number of nitrogens with one attached hydrogen (secondary N) is 2. The second-order valence-corrected chi connectivity index (χ2v) is 5.42. The van der Waals surface area contributed by atoms with Crippen molar-refractivity contribution in [2.75, 3.05) is 11.9 Å². The molecule has 5 nitrogen and oxygen atoms in total. The van der Waals surface area contributed by atoms with Crippen LogP contribution in [0, 0.1) is 6.92 Å². The fourth-order valence-corrected chi connectivity index (χ4v) is 2.04. The molecule has 0 spiro atoms. The molecular formula is C15H13Cl2N3O2. The summed E-state index contributed by atoms with van der Waals surface area (Å²) in [7, 11) is 0. The minimum absolute atomic E-state index is 0.152. The maximum absolute atomic E-state index is 11.9. The molecule has 7 heteroatoms. The van der Waals surface area contributed by atoms with E-state index >= 15 is 0 Å². The van der Waals surface area contributed by atoms with Crippen LogP contribution in [0.5, 0.6) is 0 Å². The van der Waals surface area contributed by atoms with Crippen LogP contribution in [0.3, 0.4) is 0 Å². The molecule has 2 rings (SSSR count). The topological polar surface area (TPSA) is 71.1 Å². The molecule has 2 aromatic rings. The van der Waals surface area contributed by atoms with Gasteiger partial charge < -0.3 is 10.6 Å². The minimum Gasteiger partial charge on any atom is -0.342 e. The first-order chi connectivity index (χ1) is 10.5. The van der Waals surface area contributed by atoms with Crippen LogP contribution in [0.2, 0.25) is 10.0 Å². The predicted octanol–water partition coefficient (Wildman–Crippen LogP) is 3.07. The van der Waals surface area contributed by atoms with E-state index in [1.807, 2.05) is 6.92 Å². The fraction of sp³-hybridized carbons (Fsp3) is 0.133. The standard InChI is InChI=1S/C15H13Cl2N3O2/c1-9-2-3-10(16)6-12(9)20-14(21)8-19-15(22)13-7-11(17)4-5-18-13/h2-7H,8H2,1H3,(H,19,22)(H,20,21). The van der Waals surface area contributed by atoms with Gasteiger partial charge in [0.15, 0.2) is 0 Å². The zero-order valence-corrected chi connectivity index (χ0v) is 13.2. The molecule has 22 heavy (non-hydrogen) atoms. The van der Waals surface area contributed by atoms with Gasteiger partial charge in [-0.3, -0.25) is 14.6 Å². The molecule has 1 aromatic carbocycles. The minimum atomic E-state index is -0.472. The number of halogens is 2. The van der Waals surface area contributed by atoms with Gasteiger partial charge in [0.2, 0.25) is 5.91 Å². The van der Waals surface area contributed by atoms with Crippen molar-refractivity contribution >= 4 is 40.7 Å². The third-order valence-corrected chi connectivity index (χ3v) is 3.31. The summed E-state index contributed by atoms with van der Waals surface area (Å²) in [6.07, 6.45) is 1.42. The summed E-state index contributed by atoms with van der Waals surface area (Å²) < 4.78 is 0. The average molecular weight is 338 g/mol. The quantitative estimate of drug-likeness (QED) is 0.900. The van der Waals surface area contributed by atoms with Crippen LogP contribution in [0.1, 0.15) is 16.1 Å². The molecule has 0 unspecified atom stereocenters. The Hall–Kier alpha value is -2.11. The van der Waals surface area contributed by atoms with Gasteiger partial charge in [-0.2, -0.15) is 0 Å². The summed E-state index contributed by atoms with van der Waals surface area (Å²) in [5.41, 5.74) is 1.63. The summed E-state index contributed by atoms with van der Waals surface area (Å²) >= 11 is 11.7. The molecule has 0 radical (unpaired) electrons. The molecule has 2 amide bonds. The maximum atomic E-state index is 11.9. The van der Waals surface area contributed by atoms with Crippen LogP contribution in [0.25, 0.3) is 0 Å². The van der Waals surface area contributed by atoms with Gasteiger partial charge in [0.25, 0.3) is 5.91 Å². The van der Waals surface area contributed by atoms with Crippen molar-refractivity contribution in [2.24, 2.45) is 0 Å². The van der Waals surface area contributed by atoms with E-state index in [2.05, 4.69) is 15.6 Å². The lowest BCUT2D eigenvalue weighted by Gasteiger charge is -2.09. The fourth-order valence-electron chi connectivity index (χ4n) is 1.70. The molecule has 0 fully saturated rings. The third-order valence-electron chi connectivity index (χ3n) is 2.84. The Morgan fingerprint density at radius 2 is 1.86 bits per heavy atom. The molecule has 0 saturated heterocycles. The molecule has 1 heterocycles. The van der Waals surface area contributed by atoms with Gasteiger partial charge in [0.1, 0.15) is 5.69 Å². The first-order valence-corrected chi connectivity index (χ1v) is 7.17. The van der Waals surface area contributed by atoms with E-state index in [1.54, 1.807) is 24.3 Å². The van der Waals surface area contributed by atoms with E-state index in [4.69, 9.17) is 23.2 Å². The molecule has 0 atom stereocenters. The number of hydrogen-bond donors (Lipinski definition) is 2. The average Bonchev–Trinajstić information content (AvgIpc) is 2.48. The number of hydrogen-bond acceptors (Lipinski definition) is 3. The molecule has 114 valence electrons. The highest BCUT2D eigenvalue weighted by atomic mass is 35.5. The predicted molar refractivity (Wildman–Crippen MR) is 86.4 cm³/mol. The Bertz CT molecular complexity index is 720. The zero-order chi connectivity index (χ0) is 16.1. The van der Waals surface area contributed by atoms with E-state index in [9.17, 15) is 9.59 Å². The van der Waals surface area contributed by atoms with Gasteiger partial charge in [0.05, 0.1) is 6.54 Å². The Labute approximate surface area is 137 Å². The second kappa shape index (κ2) is 7.24. The lowest BCUT2D eigenvalue weighted by Crippen LogP contribution is -2.33. The van der Waals surface area contributed by atoms with Crippen molar-refractivity contribution in [1.29, 1.82) is 0 Å². The number of anilines is 1. The number of aryl methyl sites for hydroxylation is 1. The van der Waals surface area contributed by atoms with Gasteiger partial charge in [-0.1, -0.05) is 29.3 Å². The molecule has 0 aliphatic carbocycles. The zero-order valence-electron chi connectivity index (χ0n) is 11.7. The number of carbonyl (C=O) groups is 2. The van der Waals surface area contributed by atoms with Crippen LogP contribution < -0.4 is 10.6 Å². The van der Waals surface area contributed by atoms with Gasteiger partial charge in [-0.05, 0) is 36.8 Å². The maximum Gasteiger partial charge on any atom is 0.270 e. The van der Waals surface area contributed by atoms with Crippen LogP contribution in [-0.4, -0.2) is 23.3 Å². The molecule has 1 aromatic heterocycles. The number of rotatable bonds is 4. The number of benzene rings is 1. The Kier molecular flexibility index (Phi) is 5.35. The Balaban J connectivity index is 1.93. The van der Waals surface area contributed by atoms with Crippen molar-refractivity contribution in [3.05, 3.63) is 57.8 Å². The van der Waals surface area contributed by atoms with E-state index in [-0.39, 0.29) is 18.1 Å². The second-order valence-electron chi connectivity index (χ2n) is 4.55. The number of nitrogens with zero attached hydrogens (tertiary/aromatic N) is 1. The summed E-state index contributed by atoms with van der Waals surface area (Å²) in [5, 5.41) is 6.08. The van der Waals surface area contributed by atoms with Crippen molar-refractivity contribution < 1.29 is 9.59 Å². The number of amides is 2. The summed E-state index contributed by atoms with van der Waals surface area (Å²) in [5.74, 6) is -0.832. The van der Waals surface area contributed by atoms with Gasteiger partial charge in [-0.15, -0.1) is 0 Å². The van der Waals surface area contributed by atoms with Gasteiger partial charge in [-0.25, -0.2) is 0 Å². The largest absolute Gasteiger partial charge is 0.342 e. The molecule has 0 bridgehead atoms. The highest BCUT2D eigenvalue weighted by Gasteiger charge is 2.10. The third kappa shape index (κ3) is 4.44. The first kappa shape index (κ1) is 16.3. The van der Waals surface area contributed by atoms with Crippen molar-refractivity contribution in [3.63, 3.8) is 0 Å². The summed E-state index contributed by atoms with van der Waals surface area (Å²) in [6.45, 7) is 1.67. The van der Waals surface area contributed by atoms with Crippen LogP contribution >= 0.6 is 23.2 Å². The van der Waals surface area contributed by atoms with Crippen LogP contribution in [-0.2, 0) is 4.79 Å². The SMILES string of the molecule is Cc1ccc(Cl)cc1NC(=O)CNC(=O)c1cc(Cl)ccn1. The molecular weight excluding hydrogens is 325 g/mol. The van der Waals surface area contributed by atoms with Crippen molar-refractivity contribution in [3.8, 4) is 0 Å². The van der Waals surface area contributed by atoms with E-state index in [0.29, 0.717) is 15.7 Å². The van der Waals surface area contributed by atoms with Crippen LogP contribution in [0.4, 0.5) is 5.69 Å². The van der Waals surface area contributed by atoms with Gasteiger partial charge >= 0.3 is 0 Å². The molecule has 0 aliphatic rings. The Morgan fingerprint density at radius 3 is 2.59 bits per heavy atom. The van der Waals surface area contributed by atoms with Crippen molar-refractivity contribution in [1.82, 2.24) is 10.3 Å².